The minimum Gasteiger partial charge on any atom is -0.413 e. The minimum absolute atomic E-state index is 0.151. The molecule has 0 bridgehead atoms. The van der Waals surface area contributed by atoms with Gasteiger partial charge in [0.2, 0.25) is 15.7 Å². The highest BCUT2D eigenvalue weighted by Gasteiger charge is 2.16. The van der Waals surface area contributed by atoms with Crippen LogP contribution in [-0.2, 0) is 16.3 Å². The first-order valence-electron chi connectivity index (χ1n) is 6.73. The Morgan fingerprint density at radius 2 is 1.91 bits per heavy atom. The normalized spacial score (nSPS) is 11.4. The van der Waals surface area contributed by atoms with E-state index >= 15 is 0 Å². The Bertz CT molecular complexity index is 751. The van der Waals surface area contributed by atoms with E-state index in [1.807, 2.05) is 19.1 Å². The molecule has 0 aliphatic rings. The molecule has 7 nitrogen and oxygen atoms in total. The summed E-state index contributed by atoms with van der Waals surface area (Å²) in [6.45, 7) is 2.39. The summed E-state index contributed by atoms with van der Waals surface area (Å²) in [6.07, 6.45) is 1.98. The monoisotopic (exact) mass is 323 g/mol. The molecule has 1 heterocycles. The van der Waals surface area contributed by atoms with Gasteiger partial charge in [-0.25, -0.2) is 8.42 Å². The molecule has 2 rings (SSSR count). The smallest absolute Gasteiger partial charge is 0.335 e. The number of amides is 1. The number of nitrogens with one attached hydrogen (secondary N) is 1. The van der Waals surface area contributed by atoms with Gasteiger partial charge in [-0.1, -0.05) is 22.8 Å². The van der Waals surface area contributed by atoms with E-state index in [4.69, 9.17) is 4.42 Å². The number of sulfone groups is 1. The zero-order chi connectivity index (χ0) is 16.2. The van der Waals surface area contributed by atoms with Gasteiger partial charge in [0.05, 0.1) is 0 Å². The third-order valence-corrected chi connectivity index (χ3v) is 3.73. The Kier molecular flexibility index (Phi) is 4.92. The first-order chi connectivity index (χ1) is 10.4. The fourth-order valence-corrected chi connectivity index (χ4v) is 2.17. The highest BCUT2D eigenvalue weighted by Crippen LogP contribution is 2.08. The molecule has 1 aromatic carbocycles. The first kappa shape index (κ1) is 16.2. The highest BCUT2D eigenvalue weighted by atomic mass is 32.2. The average molecular weight is 323 g/mol. The van der Waals surface area contributed by atoms with Crippen LogP contribution in [0.5, 0.6) is 0 Å². The Morgan fingerprint density at radius 3 is 2.50 bits per heavy atom. The highest BCUT2D eigenvalue weighted by molar-refractivity contribution is 7.90. The third kappa shape index (κ3) is 4.39. The van der Waals surface area contributed by atoms with Crippen LogP contribution in [0, 0.1) is 6.92 Å². The van der Waals surface area contributed by atoms with E-state index in [9.17, 15) is 13.2 Å². The summed E-state index contributed by atoms with van der Waals surface area (Å²) in [7, 11) is -3.48. The van der Waals surface area contributed by atoms with Gasteiger partial charge in [0, 0.05) is 24.8 Å². The Morgan fingerprint density at radius 1 is 1.23 bits per heavy atom. The molecule has 22 heavy (non-hydrogen) atoms. The van der Waals surface area contributed by atoms with E-state index in [2.05, 4.69) is 15.5 Å². The van der Waals surface area contributed by atoms with Crippen molar-refractivity contribution >= 4 is 15.7 Å². The molecule has 0 fully saturated rings. The molecule has 0 aliphatic carbocycles. The second-order valence-corrected chi connectivity index (χ2v) is 6.85. The second kappa shape index (κ2) is 6.69. The Balaban J connectivity index is 1.78. The maximum atomic E-state index is 11.9. The van der Waals surface area contributed by atoms with Crippen LogP contribution in [0.25, 0.3) is 0 Å². The van der Waals surface area contributed by atoms with E-state index in [1.54, 1.807) is 12.1 Å². The van der Waals surface area contributed by atoms with Crippen LogP contribution in [0.3, 0.4) is 0 Å². The molecular weight excluding hydrogens is 306 g/mol. The van der Waals surface area contributed by atoms with Crippen molar-refractivity contribution in [2.75, 3.05) is 12.8 Å². The van der Waals surface area contributed by atoms with Crippen molar-refractivity contribution in [1.82, 2.24) is 15.5 Å². The number of carbonyl (C=O) groups excluding carboxylic acids is 1. The van der Waals surface area contributed by atoms with Crippen molar-refractivity contribution in [3.63, 3.8) is 0 Å². The van der Waals surface area contributed by atoms with Gasteiger partial charge in [0.25, 0.3) is 5.91 Å². The molecule has 1 aromatic heterocycles. The standard InChI is InChI=1S/C14H17N3O4S/c1-10-5-7-11(8-6-10)13(18)15-9-3-4-12-16-17-14(21-12)22(2,19)20/h5-8H,3-4,9H2,1-2H3,(H,15,18). The molecule has 0 spiro atoms. The van der Waals surface area contributed by atoms with Crippen molar-refractivity contribution < 1.29 is 17.6 Å². The molecule has 0 atom stereocenters. The summed E-state index contributed by atoms with van der Waals surface area (Å²) in [5.41, 5.74) is 1.69. The van der Waals surface area contributed by atoms with Gasteiger partial charge in [-0.3, -0.25) is 4.79 Å². The molecule has 0 radical (unpaired) electrons. The van der Waals surface area contributed by atoms with Gasteiger partial charge in [0.15, 0.2) is 0 Å². The number of benzene rings is 1. The molecule has 0 saturated carbocycles. The van der Waals surface area contributed by atoms with Gasteiger partial charge >= 0.3 is 5.22 Å². The van der Waals surface area contributed by atoms with Crippen LogP contribution >= 0.6 is 0 Å². The number of hydrogen-bond donors (Lipinski definition) is 1. The topological polar surface area (TPSA) is 102 Å². The van der Waals surface area contributed by atoms with Crippen LogP contribution in [0.15, 0.2) is 33.9 Å². The number of rotatable bonds is 6. The number of carbonyl (C=O) groups is 1. The van der Waals surface area contributed by atoms with Crippen molar-refractivity contribution in [3.8, 4) is 0 Å². The van der Waals surface area contributed by atoms with Crippen LogP contribution in [0.1, 0.15) is 28.2 Å². The summed E-state index contributed by atoms with van der Waals surface area (Å²) in [5, 5.41) is 9.52. The van der Waals surface area contributed by atoms with Crippen LogP contribution in [0.4, 0.5) is 0 Å². The zero-order valence-corrected chi connectivity index (χ0v) is 13.2. The Labute approximate surface area is 128 Å². The molecule has 1 N–H and O–H groups in total. The van der Waals surface area contributed by atoms with E-state index < -0.39 is 9.84 Å². The van der Waals surface area contributed by atoms with Crippen LogP contribution in [-0.4, -0.2) is 37.3 Å². The predicted octanol–water partition coefficient (Wildman–Crippen LogP) is 1.14. The minimum atomic E-state index is -3.48. The summed E-state index contributed by atoms with van der Waals surface area (Å²) < 4.78 is 27.4. The van der Waals surface area contributed by atoms with Crippen molar-refractivity contribution in [3.05, 3.63) is 41.3 Å². The average Bonchev–Trinajstić information content (AvgIpc) is 2.93. The molecule has 8 heteroatoms. The first-order valence-corrected chi connectivity index (χ1v) is 8.63. The van der Waals surface area contributed by atoms with Crippen molar-refractivity contribution in [2.24, 2.45) is 0 Å². The van der Waals surface area contributed by atoms with E-state index in [1.165, 1.54) is 0 Å². The number of nitrogens with zero attached hydrogens (tertiary/aromatic N) is 2. The summed E-state index contributed by atoms with van der Waals surface area (Å²) in [4.78, 5) is 11.9. The lowest BCUT2D eigenvalue weighted by atomic mass is 10.1. The largest absolute Gasteiger partial charge is 0.413 e. The van der Waals surface area contributed by atoms with Gasteiger partial charge in [-0.15, -0.1) is 5.10 Å². The van der Waals surface area contributed by atoms with Gasteiger partial charge < -0.3 is 9.73 Å². The van der Waals surface area contributed by atoms with Gasteiger partial charge in [0.1, 0.15) is 0 Å². The van der Waals surface area contributed by atoms with Crippen LogP contribution < -0.4 is 5.32 Å². The molecule has 0 saturated heterocycles. The fraction of sp³-hybridized carbons (Fsp3) is 0.357. The molecule has 2 aromatic rings. The summed E-state index contributed by atoms with van der Waals surface area (Å²) >= 11 is 0. The molecular formula is C14H17N3O4S. The summed E-state index contributed by atoms with van der Waals surface area (Å²) in [6, 6.07) is 7.28. The molecule has 118 valence electrons. The van der Waals surface area contributed by atoms with E-state index in [0.29, 0.717) is 24.9 Å². The quantitative estimate of drug-likeness (QED) is 0.800. The second-order valence-electron chi connectivity index (χ2n) is 4.96. The lowest BCUT2D eigenvalue weighted by Crippen LogP contribution is -2.24. The zero-order valence-electron chi connectivity index (χ0n) is 12.4. The molecule has 1 amide bonds. The molecule has 0 unspecified atom stereocenters. The van der Waals surface area contributed by atoms with Crippen LogP contribution in [0.2, 0.25) is 0 Å². The van der Waals surface area contributed by atoms with Crippen molar-refractivity contribution in [2.45, 2.75) is 25.0 Å². The number of hydrogen-bond acceptors (Lipinski definition) is 6. The van der Waals surface area contributed by atoms with Gasteiger partial charge in [-0.2, -0.15) is 0 Å². The summed E-state index contributed by atoms with van der Waals surface area (Å²) in [5.74, 6) is 0.0902. The van der Waals surface area contributed by atoms with Gasteiger partial charge in [-0.05, 0) is 25.5 Å². The van der Waals surface area contributed by atoms with E-state index in [0.717, 1.165) is 11.8 Å². The Hall–Kier alpha value is -2.22. The maximum Gasteiger partial charge on any atom is 0.335 e. The number of aryl methyl sites for hydroxylation is 2. The van der Waals surface area contributed by atoms with E-state index in [-0.39, 0.29) is 17.0 Å². The number of aromatic nitrogens is 2. The lowest BCUT2D eigenvalue weighted by Gasteiger charge is -2.04. The SMILES string of the molecule is Cc1ccc(C(=O)NCCCc2nnc(S(C)(=O)=O)o2)cc1. The fourth-order valence-electron chi connectivity index (χ4n) is 1.74. The van der Waals surface area contributed by atoms with Crippen molar-refractivity contribution in [1.29, 1.82) is 0 Å². The lowest BCUT2D eigenvalue weighted by molar-refractivity contribution is 0.0953. The molecule has 0 aliphatic heterocycles. The predicted molar refractivity (Wildman–Crippen MR) is 79.2 cm³/mol. The maximum absolute atomic E-state index is 11.9. The third-order valence-electron chi connectivity index (χ3n) is 2.93.